The van der Waals surface area contributed by atoms with Crippen molar-refractivity contribution in [1.29, 1.82) is 0 Å². The second-order valence-electron chi connectivity index (χ2n) is 6.11. The molecule has 1 saturated carbocycles. The molecular weight excluding hydrogens is 260 g/mol. The minimum atomic E-state index is 0.541. The second kappa shape index (κ2) is 8.20. The largest absolute Gasteiger partial charge is 0.373 e. The molecule has 1 fully saturated rings. The van der Waals surface area contributed by atoms with Gasteiger partial charge >= 0.3 is 0 Å². The zero-order valence-electron chi connectivity index (χ0n) is 13.8. The molecule has 0 aliphatic heterocycles. The normalized spacial score (nSPS) is 17.5. The molecule has 1 aliphatic carbocycles. The summed E-state index contributed by atoms with van der Waals surface area (Å²) in [6.45, 7) is 4.44. The first kappa shape index (κ1) is 16.1. The van der Waals surface area contributed by atoms with E-state index in [1.807, 2.05) is 13.1 Å². The predicted octanol–water partition coefficient (Wildman–Crippen LogP) is 4.24. The number of rotatable bonds is 7. The van der Waals surface area contributed by atoms with E-state index in [1.54, 1.807) is 0 Å². The van der Waals surface area contributed by atoms with E-state index in [-0.39, 0.29) is 0 Å². The highest BCUT2D eigenvalue weighted by atomic mass is 15.1. The molecule has 0 saturated heterocycles. The van der Waals surface area contributed by atoms with Crippen LogP contribution in [0.1, 0.15) is 64.6 Å². The third-order valence-electron chi connectivity index (χ3n) is 4.49. The topological polar surface area (TPSA) is 49.8 Å². The summed E-state index contributed by atoms with van der Waals surface area (Å²) in [6.07, 6.45) is 10.1. The quantitative estimate of drug-likeness (QED) is 0.788. The van der Waals surface area contributed by atoms with Gasteiger partial charge in [-0.15, -0.1) is 0 Å². The summed E-state index contributed by atoms with van der Waals surface area (Å²) in [4.78, 5) is 9.22. The summed E-state index contributed by atoms with van der Waals surface area (Å²) in [6, 6.07) is 2.57. The van der Waals surface area contributed by atoms with Gasteiger partial charge in [-0.25, -0.2) is 9.97 Å². The van der Waals surface area contributed by atoms with E-state index in [1.165, 1.54) is 32.1 Å². The van der Waals surface area contributed by atoms with Crippen molar-refractivity contribution in [2.24, 2.45) is 5.92 Å². The molecular formula is C17H30N4. The van der Waals surface area contributed by atoms with Crippen molar-refractivity contribution >= 4 is 11.6 Å². The number of aromatic nitrogens is 2. The molecule has 0 amide bonds. The fourth-order valence-electron chi connectivity index (χ4n) is 3.31. The maximum Gasteiger partial charge on any atom is 0.133 e. The fraction of sp³-hybridized carbons (Fsp3) is 0.765. The SMILES string of the molecule is CCCc1nc(NC)cc(NC(CC)C2CCCCC2)n1. The van der Waals surface area contributed by atoms with Crippen LogP contribution in [-0.2, 0) is 6.42 Å². The van der Waals surface area contributed by atoms with Crippen molar-refractivity contribution in [3.05, 3.63) is 11.9 Å². The standard InChI is InChI=1S/C17H30N4/c1-4-9-15-20-16(18-3)12-17(21-15)19-14(5-2)13-10-7-6-8-11-13/h12-14H,4-11H2,1-3H3,(H2,18,19,20,21). The summed E-state index contributed by atoms with van der Waals surface area (Å²) in [5.41, 5.74) is 0. The molecule has 0 aromatic carbocycles. The molecule has 1 aromatic heterocycles. The highest BCUT2D eigenvalue weighted by Crippen LogP contribution is 2.29. The van der Waals surface area contributed by atoms with Gasteiger partial charge in [-0.3, -0.25) is 0 Å². The number of nitrogens with one attached hydrogen (secondary N) is 2. The highest BCUT2D eigenvalue weighted by molar-refractivity contribution is 5.47. The van der Waals surface area contributed by atoms with Crippen LogP contribution in [0.25, 0.3) is 0 Å². The Bertz CT molecular complexity index is 427. The third-order valence-corrected chi connectivity index (χ3v) is 4.49. The van der Waals surface area contributed by atoms with E-state index >= 15 is 0 Å². The van der Waals surface area contributed by atoms with Crippen LogP contribution in [0.4, 0.5) is 11.6 Å². The molecule has 0 radical (unpaired) electrons. The number of hydrogen-bond acceptors (Lipinski definition) is 4. The Hall–Kier alpha value is -1.32. The zero-order valence-corrected chi connectivity index (χ0v) is 13.8. The van der Waals surface area contributed by atoms with Gasteiger partial charge in [0.25, 0.3) is 0 Å². The predicted molar refractivity (Wildman–Crippen MR) is 89.9 cm³/mol. The molecule has 1 atom stereocenters. The first-order valence-corrected chi connectivity index (χ1v) is 8.59. The van der Waals surface area contributed by atoms with Gasteiger partial charge in [-0.2, -0.15) is 0 Å². The lowest BCUT2D eigenvalue weighted by molar-refractivity contribution is 0.312. The Balaban J connectivity index is 2.09. The van der Waals surface area contributed by atoms with Gasteiger partial charge in [-0.1, -0.05) is 33.1 Å². The maximum absolute atomic E-state index is 4.69. The summed E-state index contributed by atoms with van der Waals surface area (Å²) in [5, 5.41) is 6.83. The summed E-state index contributed by atoms with van der Waals surface area (Å²) in [7, 11) is 1.92. The lowest BCUT2D eigenvalue weighted by Crippen LogP contribution is -2.30. The summed E-state index contributed by atoms with van der Waals surface area (Å²) < 4.78 is 0. The lowest BCUT2D eigenvalue weighted by Gasteiger charge is -2.30. The van der Waals surface area contributed by atoms with Crippen LogP contribution >= 0.6 is 0 Å². The van der Waals surface area contributed by atoms with E-state index < -0.39 is 0 Å². The summed E-state index contributed by atoms with van der Waals surface area (Å²) in [5.74, 6) is 3.63. The minimum absolute atomic E-state index is 0.541. The second-order valence-corrected chi connectivity index (χ2v) is 6.11. The van der Waals surface area contributed by atoms with Crippen LogP contribution < -0.4 is 10.6 Å². The smallest absolute Gasteiger partial charge is 0.133 e. The number of hydrogen-bond donors (Lipinski definition) is 2. The molecule has 2 rings (SSSR count). The monoisotopic (exact) mass is 290 g/mol. The molecule has 21 heavy (non-hydrogen) atoms. The van der Waals surface area contributed by atoms with E-state index in [9.17, 15) is 0 Å². The van der Waals surface area contributed by atoms with Crippen molar-refractivity contribution in [2.75, 3.05) is 17.7 Å². The van der Waals surface area contributed by atoms with Gasteiger partial charge < -0.3 is 10.6 Å². The van der Waals surface area contributed by atoms with E-state index in [0.29, 0.717) is 6.04 Å². The molecule has 1 aromatic rings. The van der Waals surface area contributed by atoms with Crippen LogP contribution in [0, 0.1) is 5.92 Å². The van der Waals surface area contributed by atoms with Gasteiger partial charge in [0.1, 0.15) is 17.5 Å². The Morgan fingerprint density at radius 2 is 1.86 bits per heavy atom. The molecule has 118 valence electrons. The first-order chi connectivity index (χ1) is 10.3. The minimum Gasteiger partial charge on any atom is -0.373 e. The van der Waals surface area contributed by atoms with Crippen LogP contribution in [0.15, 0.2) is 6.07 Å². The Labute approximate surface area is 129 Å². The molecule has 1 heterocycles. The molecule has 0 spiro atoms. The highest BCUT2D eigenvalue weighted by Gasteiger charge is 2.22. The van der Waals surface area contributed by atoms with Crippen molar-refractivity contribution in [2.45, 2.75) is 71.3 Å². The Kier molecular flexibility index (Phi) is 6.27. The van der Waals surface area contributed by atoms with Crippen LogP contribution in [-0.4, -0.2) is 23.1 Å². The van der Waals surface area contributed by atoms with Crippen LogP contribution in [0.2, 0.25) is 0 Å². The van der Waals surface area contributed by atoms with Gasteiger partial charge in [0, 0.05) is 25.6 Å². The van der Waals surface area contributed by atoms with Crippen molar-refractivity contribution in [3.63, 3.8) is 0 Å². The van der Waals surface area contributed by atoms with Crippen molar-refractivity contribution in [1.82, 2.24) is 9.97 Å². The molecule has 1 unspecified atom stereocenters. The van der Waals surface area contributed by atoms with Gasteiger partial charge in [0.15, 0.2) is 0 Å². The van der Waals surface area contributed by atoms with E-state index in [0.717, 1.165) is 42.6 Å². The summed E-state index contributed by atoms with van der Waals surface area (Å²) >= 11 is 0. The average molecular weight is 290 g/mol. The third kappa shape index (κ3) is 4.58. The number of anilines is 2. The van der Waals surface area contributed by atoms with Gasteiger partial charge in [0.05, 0.1) is 0 Å². The Morgan fingerprint density at radius 1 is 1.14 bits per heavy atom. The maximum atomic E-state index is 4.69. The number of nitrogens with zero attached hydrogens (tertiary/aromatic N) is 2. The molecule has 0 bridgehead atoms. The first-order valence-electron chi connectivity index (χ1n) is 8.59. The zero-order chi connectivity index (χ0) is 15.1. The molecule has 4 heteroatoms. The number of aryl methyl sites for hydroxylation is 1. The van der Waals surface area contributed by atoms with Crippen molar-refractivity contribution < 1.29 is 0 Å². The lowest BCUT2D eigenvalue weighted by atomic mass is 9.83. The average Bonchev–Trinajstić information content (AvgIpc) is 2.53. The molecule has 2 N–H and O–H groups in total. The van der Waals surface area contributed by atoms with Gasteiger partial charge in [-0.05, 0) is 31.6 Å². The van der Waals surface area contributed by atoms with Crippen LogP contribution in [0.3, 0.4) is 0 Å². The molecule has 4 nitrogen and oxygen atoms in total. The van der Waals surface area contributed by atoms with E-state index in [4.69, 9.17) is 4.98 Å². The van der Waals surface area contributed by atoms with E-state index in [2.05, 4.69) is 29.5 Å². The van der Waals surface area contributed by atoms with Crippen LogP contribution in [0.5, 0.6) is 0 Å². The Morgan fingerprint density at radius 3 is 2.48 bits per heavy atom. The molecule has 1 aliphatic rings. The fourth-order valence-corrected chi connectivity index (χ4v) is 3.31. The van der Waals surface area contributed by atoms with Crippen molar-refractivity contribution in [3.8, 4) is 0 Å². The van der Waals surface area contributed by atoms with Gasteiger partial charge in [0.2, 0.25) is 0 Å².